The van der Waals surface area contributed by atoms with Gasteiger partial charge in [0.05, 0.1) is 10.7 Å². The monoisotopic (exact) mass is 226 g/mol. The van der Waals surface area contributed by atoms with Crippen LogP contribution in [-0.2, 0) is 11.2 Å². The number of nitrogens with zero attached hydrogens (tertiary/aromatic N) is 1. The molecule has 0 radical (unpaired) electrons. The van der Waals surface area contributed by atoms with Gasteiger partial charge in [-0.15, -0.1) is 11.3 Å². The van der Waals surface area contributed by atoms with Crippen molar-refractivity contribution in [2.45, 2.75) is 34.1 Å². The Balaban J connectivity index is 2.35. The molecular formula is C11H18N2OS. The quantitative estimate of drug-likeness (QED) is 0.854. The molecule has 0 saturated heterocycles. The second-order valence-corrected chi connectivity index (χ2v) is 5.23. The van der Waals surface area contributed by atoms with E-state index < -0.39 is 0 Å². The van der Waals surface area contributed by atoms with Crippen molar-refractivity contribution in [3.05, 3.63) is 15.6 Å². The molecule has 0 unspecified atom stereocenters. The van der Waals surface area contributed by atoms with E-state index in [0.717, 1.165) is 17.1 Å². The average Bonchev–Trinajstić information content (AvgIpc) is 2.46. The van der Waals surface area contributed by atoms with Crippen molar-refractivity contribution in [2.75, 3.05) is 6.54 Å². The average molecular weight is 226 g/mol. The lowest BCUT2D eigenvalue weighted by atomic mass is 10.2. The van der Waals surface area contributed by atoms with Crippen molar-refractivity contribution in [1.29, 1.82) is 0 Å². The van der Waals surface area contributed by atoms with E-state index in [2.05, 4.69) is 17.2 Å². The number of carbonyl (C=O) groups is 1. The van der Waals surface area contributed by atoms with Crippen LogP contribution in [0.2, 0.25) is 0 Å². The molecule has 1 rings (SSSR count). The first-order chi connectivity index (χ1) is 7.00. The van der Waals surface area contributed by atoms with Crippen LogP contribution < -0.4 is 5.32 Å². The smallest absolute Gasteiger partial charge is 0.222 e. The maximum atomic E-state index is 11.3. The van der Waals surface area contributed by atoms with Crippen LogP contribution >= 0.6 is 11.3 Å². The maximum Gasteiger partial charge on any atom is 0.222 e. The molecule has 3 nitrogen and oxygen atoms in total. The molecule has 0 spiro atoms. The van der Waals surface area contributed by atoms with Gasteiger partial charge in [0.2, 0.25) is 5.91 Å². The Morgan fingerprint density at radius 2 is 2.13 bits per heavy atom. The molecule has 1 aromatic rings. The summed E-state index contributed by atoms with van der Waals surface area (Å²) in [6.45, 7) is 8.56. The summed E-state index contributed by atoms with van der Waals surface area (Å²) in [4.78, 5) is 17.0. The number of hydrogen-bond donors (Lipinski definition) is 1. The van der Waals surface area contributed by atoms with Gasteiger partial charge in [0.25, 0.3) is 0 Å². The molecule has 1 aromatic heterocycles. The highest BCUT2D eigenvalue weighted by Crippen LogP contribution is 2.16. The molecule has 0 bridgehead atoms. The summed E-state index contributed by atoms with van der Waals surface area (Å²) in [7, 11) is 0. The third-order valence-corrected chi connectivity index (χ3v) is 3.37. The van der Waals surface area contributed by atoms with Crippen LogP contribution in [0.25, 0.3) is 0 Å². The zero-order chi connectivity index (χ0) is 11.4. The number of thiazole rings is 1. The Morgan fingerprint density at radius 3 is 2.60 bits per heavy atom. The van der Waals surface area contributed by atoms with E-state index in [1.165, 1.54) is 4.88 Å². The molecule has 0 aliphatic carbocycles. The highest BCUT2D eigenvalue weighted by atomic mass is 32.1. The first kappa shape index (κ1) is 12.2. The third kappa shape index (κ3) is 3.63. The summed E-state index contributed by atoms with van der Waals surface area (Å²) >= 11 is 1.71. The first-order valence-corrected chi connectivity index (χ1v) is 6.03. The van der Waals surface area contributed by atoms with Gasteiger partial charge in [-0.2, -0.15) is 0 Å². The standard InChI is InChI=1S/C11H18N2OS/c1-7(2)11(14)12-6-5-10-13-8(3)9(4)15-10/h7H,5-6H2,1-4H3,(H,12,14). The molecule has 0 aliphatic heterocycles. The molecule has 0 aliphatic rings. The minimum atomic E-state index is 0.0600. The summed E-state index contributed by atoms with van der Waals surface area (Å²) < 4.78 is 0. The summed E-state index contributed by atoms with van der Waals surface area (Å²) in [5.41, 5.74) is 1.10. The molecule has 84 valence electrons. The van der Waals surface area contributed by atoms with Crippen LogP contribution in [0.5, 0.6) is 0 Å². The van der Waals surface area contributed by atoms with Crippen LogP contribution in [0.1, 0.15) is 29.4 Å². The van der Waals surface area contributed by atoms with Crippen molar-refractivity contribution >= 4 is 17.2 Å². The zero-order valence-corrected chi connectivity index (χ0v) is 10.6. The molecule has 0 saturated carbocycles. The van der Waals surface area contributed by atoms with Gasteiger partial charge in [0, 0.05) is 23.8 Å². The van der Waals surface area contributed by atoms with Crippen molar-refractivity contribution in [3.63, 3.8) is 0 Å². The minimum absolute atomic E-state index is 0.0600. The number of rotatable bonds is 4. The zero-order valence-electron chi connectivity index (χ0n) is 9.76. The molecule has 1 N–H and O–H groups in total. The van der Waals surface area contributed by atoms with Gasteiger partial charge in [-0.3, -0.25) is 4.79 Å². The molecule has 1 amide bonds. The van der Waals surface area contributed by atoms with Gasteiger partial charge >= 0.3 is 0 Å². The van der Waals surface area contributed by atoms with Crippen LogP contribution in [0.4, 0.5) is 0 Å². The second kappa shape index (κ2) is 5.26. The lowest BCUT2D eigenvalue weighted by molar-refractivity contribution is -0.123. The van der Waals surface area contributed by atoms with Gasteiger partial charge in [-0.1, -0.05) is 13.8 Å². The molecular weight excluding hydrogens is 208 g/mol. The first-order valence-electron chi connectivity index (χ1n) is 5.21. The Kier molecular flexibility index (Phi) is 4.27. The van der Waals surface area contributed by atoms with Crippen LogP contribution in [-0.4, -0.2) is 17.4 Å². The number of carbonyl (C=O) groups excluding carboxylic acids is 1. The Labute approximate surface area is 94.9 Å². The largest absolute Gasteiger partial charge is 0.355 e. The highest BCUT2D eigenvalue weighted by Gasteiger charge is 2.07. The number of amides is 1. The lowest BCUT2D eigenvalue weighted by Crippen LogP contribution is -2.29. The Bertz CT molecular complexity index is 325. The fourth-order valence-electron chi connectivity index (χ4n) is 1.14. The molecule has 1 heterocycles. The minimum Gasteiger partial charge on any atom is -0.355 e. The van der Waals surface area contributed by atoms with Gasteiger partial charge in [0.15, 0.2) is 0 Å². The second-order valence-electron chi connectivity index (χ2n) is 3.94. The van der Waals surface area contributed by atoms with E-state index in [-0.39, 0.29) is 11.8 Å². The Hall–Kier alpha value is -0.900. The predicted molar refractivity (Wildman–Crippen MR) is 63.1 cm³/mol. The van der Waals surface area contributed by atoms with E-state index >= 15 is 0 Å². The predicted octanol–water partition coefficient (Wildman–Crippen LogP) is 2.07. The van der Waals surface area contributed by atoms with Gasteiger partial charge in [0.1, 0.15) is 0 Å². The number of aryl methyl sites for hydroxylation is 2. The van der Waals surface area contributed by atoms with E-state index in [0.29, 0.717) is 6.54 Å². The van der Waals surface area contributed by atoms with Crippen molar-refractivity contribution in [3.8, 4) is 0 Å². The normalized spacial score (nSPS) is 10.7. The highest BCUT2D eigenvalue weighted by molar-refractivity contribution is 7.11. The van der Waals surface area contributed by atoms with E-state index in [1.54, 1.807) is 11.3 Å². The summed E-state index contributed by atoms with van der Waals surface area (Å²) in [6, 6.07) is 0. The SMILES string of the molecule is Cc1nc(CCNC(=O)C(C)C)sc1C. The number of nitrogens with one attached hydrogen (secondary N) is 1. The van der Waals surface area contributed by atoms with Gasteiger partial charge < -0.3 is 5.32 Å². The van der Waals surface area contributed by atoms with Gasteiger partial charge in [-0.05, 0) is 13.8 Å². The van der Waals surface area contributed by atoms with Crippen LogP contribution in [0, 0.1) is 19.8 Å². The third-order valence-electron chi connectivity index (χ3n) is 2.24. The number of hydrogen-bond acceptors (Lipinski definition) is 3. The van der Waals surface area contributed by atoms with Crippen LogP contribution in [0.15, 0.2) is 0 Å². The topological polar surface area (TPSA) is 42.0 Å². The molecule has 0 fully saturated rings. The fraction of sp³-hybridized carbons (Fsp3) is 0.636. The lowest BCUT2D eigenvalue weighted by Gasteiger charge is -2.05. The van der Waals surface area contributed by atoms with Crippen molar-refractivity contribution in [1.82, 2.24) is 10.3 Å². The van der Waals surface area contributed by atoms with Crippen molar-refractivity contribution in [2.24, 2.45) is 5.92 Å². The Morgan fingerprint density at radius 1 is 1.47 bits per heavy atom. The van der Waals surface area contributed by atoms with Crippen molar-refractivity contribution < 1.29 is 4.79 Å². The van der Waals surface area contributed by atoms with Gasteiger partial charge in [-0.25, -0.2) is 4.98 Å². The molecule has 4 heteroatoms. The molecule has 0 aromatic carbocycles. The summed E-state index contributed by atoms with van der Waals surface area (Å²) in [5, 5.41) is 3.99. The van der Waals surface area contributed by atoms with E-state index in [1.807, 2.05) is 20.8 Å². The summed E-state index contributed by atoms with van der Waals surface area (Å²) in [6.07, 6.45) is 0.831. The van der Waals surface area contributed by atoms with E-state index in [9.17, 15) is 4.79 Å². The summed E-state index contributed by atoms with van der Waals surface area (Å²) in [5.74, 6) is 0.171. The molecule has 15 heavy (non-hydrogen) atoms. The number of aromatic nitrogens is 1. The van der Waals surface area contributed by atoms with E-state index in [4.69, 9.17) is 0 Å². The molecule has 0 atom stereocenters. The fourth-order valence-corrected chi connectivity index (χ4v) is 2.08. The van der Waals surface area contributed by atoms with Crippen LogP contribution in [0.3, 0.4) is 0 Å². The maximum absolute atomic E-state index is 11.3.